The lowest BCUT2D eigenvalue weighted by Gasteiger charge is -2.48. The van der Waals surface area contributed by atoms with Crippen molar-refractivity contribution in [1.82, 2.24) is 9.97 Å². The molecule has 6 nitrogen and oxygen atoms in total. The highest BCUT2D eigenvalue weighted by atomic mass is 16.3. The molecule has 1 saturated heterocycles. The van der Waals surface area contributed by atoms with Crippen molar-refractivity contribution < 1.29 is 5.11 Å². The molecule has 24 heavy (non-hydrogen) atoms. The van der Waals surface area contributed by atoms with Crippen molar-refractivity contribution in [2.24, 2.45) is 5.41 Å². The van der Waals surface area contributed by atoms with Gasteiger partial charge in [0.15, 0.2) is 0 Å². The average molecular weight is 324 g/mol. The van der Waals surface area contributed by atoms with E-state index in [9.17, 15) is 15.2 Å². The maximum absolute atomic E-state index is 12.3. The first-order valence-electron chi connectivity index (χ1n) is 8.48. The summed E-state index contributed by atoms with van der Waals surface area (Å²) in [7, 11) is 0. The van der Waals surface area contributed by atoms with Crippen LogP contribution in [0.15, 0.2) is 16.9 Å². The maximum atomic E-state index is 12.3. The van der Waals surface area contributed by atoms with Crippen LogP contribution in [-0.2, 0) is 6.61 Å². The molecule has 0 radical (unpaired) electrons. The zero-order valence-corrected chi connectivity index (χ0v) is 13.5. The summed E-state index contributed by atoms with van der Waals surface area (Å²) in [4.78, 5) is 21.6. The van der Waals surface area contributed by atoms with Crippen LogP contribution in [0.4, 0.5) is 5.69 Å². The van der Waals surface area contributed by atoms with Crippen LogP contribution >= 0.6 is 0 Å². The third kappa shape index (κ3) is 2.28. The number of fused-ring (bicyclic) bond motifs is 1. The standard InChI is InChI=1S/C18H20N4O2/c19-10-13-16(22-8-6-18(7-9-22)4-1-5-18)15-14(21-17(13)24)3-2-12(11-23)20-15/h2-3,23H,1,4-9,11H2,(H,21,24). The van der Waals surface area contributed by atoms with E-state index in [0.717, 1.165) is 25.9 Å². The molecule has 6 heteroatoms. The van der Waals surface area contributed by atoms with Crippen LogP contribution in [0.3, 0.4) is 0 Å². The Balaban J connectivity index is 1.83. The van der Waals surface area contributed by atoms with Crippen molar-refractivity contribution in [3.8, 4) is 6.07 Å². The normalized spacial score (nSPS) is 19.2. The van der Waals surface area contributed by atoms with Gasteiger partial charge in [-0.05, 0) is 43.2 Å². The molecule has 0 amide bonds. The first kappa shape index (κ1) is 15.2. The Hall–Kier alpha value is -2.39. The van der Waals surface area contributed by atoms with Crippen LogP contribution in [0.5, 0.6) is 0 Å². The van der Waals surface area contributed by atoms with E-state index in [1.807, 2.05) is 0 Å². The van der Waals surface area contributed by atoms with Gasteiger partial charge in [0.25, 0.3) is 5.56 Å². The highest BCUT2D eigenvalue weighted by molar-refractivity contribution is 5.91. The number of aliphatic hydroxyl groups excluding tert-OH is 1. The van der Waals surface area contributed by atoms with Gasteiger partial charge in [-0.15, -0.1) is 0 Å². The monoisotopic (exact) mass is 324 g/mol. The number of rotatable bonds is 2. The highest BCUT2D eigenvalue weighted by Crippen LogP contribution is 2.49. The maximum Gasteiger partial charge on any atom is 0.268 e. The smallest absolute Gasteiger partial charge is 0.268 e. The summed E-state index contributed by atoms with van der Waals surface area (Å²) in [5.41, 5.74) is 2.60. The first-order chi connectivity index (χ1) is 11.7. The van der Waals surface area contributed by atoms with Gasteiger partial charge in [-0.25, -0.2) is 4.98 Å². The third-order valence-electron chi connectivity index (χ3n) is 5.72. The van der Waals surface area contributed by atoms with Gasteiger partial charge < -0.3 is 15.0 Å². The molecule has 0 unspecified atom stereocenters. The average Bonchev–Trinajstić information content (AvgIpc) is 2.59. The summed E-state index contributed by atoms with van der Waals surface area (Å²) in [6, 6.07) is 5.49. The van der Waals surface area contributed by atoms with E-state index in [1.54, 1.807) is 12.1 Å². The highest BCUT2D eigenvalue weighted by Gasteiger charge is 2.40. The minimum atomic E-state index is -0.373. The van der Waals surface area contributed by atoms with Crippen LogP contribution in [-0.4, -0.2) is 28.2 Å². The largest absolute Gasteiger partial charge is 0.390 e. The minimum absolute atomic E-state index is 0.120. The Morgan fingerprint density at radius 2 is 2.04 bits per heavy atom. The number of aliphatic hydroxyl groups is 1. The Morgan fingerprint density at radius 3 is 2.62 bits per heavy atom. The van der Waals surface area contributed by atoms with Crippen molar-refractivity contribution in [2.45, 2.75) is 38.7 Å². The number of H-pyrrole nitrogens is 1. The fourth-order valence-corrected chi connectivity index (χ4v) is 4.07. The van der Waals surface area contributed by atoms with E-state index in [1.165, 1.54) is 19.3 Å². The van der Waals surface area contributed by atoms with E-state index >= 15 is 0 Å². The van der Waals surface area contributed by atoms with Crippen LogP contribution in [0.2, 0.25) is 0 Å². The molecule has 3 heterocycles. The number of hydrogen-bond donors (Lipinski definition) is 2. The van der Waals surface area contributed by atoms with E-state index in [0.29, 0.717) is 27.8 Å². The van der Waals surface area contributed by atoms with Gasteiger partial charge in [-0.2, -0.15) is 5.26 Å². The van der Waals surface area contributed by atoms with Gasteiger partial charge in [0.05, 0.1) is 23.5 Å². The second kappa shape index (κ2) is 5.60. The number of anilines is 1. The summed E-state index contributed by atoms with van der Waals surface area (Å²) in [6.45, 7) is 1.52. The first-order valence-corrected chi connectivity index (χ1v) is 8.48. The number of pyridine rings is 2. The van der Waals surface area contributed by atoms with Crippen molar-refractivity contribution >= 4 is 16.7 Å². The fraction of sp³-hybridized carbons (Fsp3) is 0.500. The minimum Gasteiger partial charge on any atom is -0.390 e. The molecule has 1 aliphatic carbocycles. The molecule has 124 valence electrons. The van der Waals surface area contributed by atoms with Gasteiger partial charge in [0, 0.05) is 13.1 Å². The number of piperidine rings is 1. The topological polar surface area (TPSA) is 93.0 Å². The Morgan fingerprint density at radius 1 is 1.29 bits per heavy atom. The predicted octanol–water partition coefficient (Wildman–Crippen LogP) is 2.06. The molecule has 0 aromatic carbocycles. The summed E-state index contributed by atoms with van der Waals surface area (Å²) >= 11 is 0. The molecule has 1 aliphatic heterocycles. The summed E-state index contributed by atoms with van der Waals surface area (Å²) in [5, 5.41) is 18.9. The van der Waals surface area contributed by atoms with Crippen molar-refractivity contribution in [3.63, 3.8) is 0 Å². The number of nitrogens with one attached hydrogen (secondary N) is 1. The van der Waals surface area contributed by atoms with Crippen LogP contribution in [0.25, 0.3) is 11.0 Å². The van der Waals surface area contributed by atoms with Gasteiger partial charge in [0.1, 0.15) is 17.1 Å². The number of aromatic nitrogens is 2. The molecule has 2 N–H and O–H groups in total. The van der Waals surface area contributed by atoms with E-state index in [-0.39, 0.29) is 17.7 Å². The van der Waals surface area contributed by atoms with Crippen molar-refractivity contribution in [3.05, 3.63) is 33.7 Å². The SMILES string of the molecule is N#Cc1c(N2CCC3(CCC3)CC2)c2nc(CO)ccc2[nH]c1=O. The van der Waals surface area contributed by atoms with E-state index in [4.69, 9.17) is 0 Å². The number of aromatic amines is 1. The molecule has 0 atom stereocenters. The lowest BCUT2D eigenvalue weighted by Crippen LogP contribution is -2.44. The summed E-state index contributed by atoms with van der Waals surface area (Å²) in [5.74, 6) is 0. The Kier molecular flexibility index (Phi) is 3.54. The van der Waals surface area contributed by atoms with Crippen LogP contribution < -0.4 is 10.5 Å². The van der Waals surface area contributed by atoms with Crippen molar-refractivity contribution in [1.29, 1.82) is 5.26 Å². The number of nitrogens with zero attached hydrogens (tertiary/aromatic N) is 3. The molecule has 2 fully saturated rings. The molecule has 0 bridgehead atoms. The molecule has 1 spiro atoms. The zero-order valence-electron chi connectivity index (χ0n) is 13.5. The molecule has 2 aromatic rings. The van der Waals surface area contributed by atoms with Crippen LogP contribution in [0, 0.1) is 16.7 Å². The second-order valence-corrected chi connectivity index (χ2v) is 6.99. The quantitative estimate of drug-likeness (QED) is 0.882. The molecule has 2 aromatic heterocycles. The second-order valence-electron chi connectivity index (χ2n) is 6.99. The molecule has 2 aliphatic rings. The van der Waals surface area contributed by atoms with Gasteiger partial charge in [0.2, 0.25) is 0 Å². The molecular formula is C18H20N4O2. The lowest BCUT2D eigenvalue weighted by molar-refractivity contribution is 0.0955. The van der Waals surface area contributed by atoms with E-state index in [2.05, 4.69) is 20.9 Å². The summed E-state index contributed by atoms with van der Waals surface area (Å²) in [6.07, 6.45) is 6.13. The zero-order chi connectivity index (χ0) is 16.7. The predicted molar refractivity (Wildman–Crippen MR) is 90.7 cm³/mol. The molecule has 4 rings (SSSR count). The molecular weight excluding hydrogens is 304 g/mol. The Labute approximate surface area is 139 Å². The van der Waals surface area contributed by atoms with Gasteiger partial charge in [-0.1, -0.05) is 6.42 Å². The number of nitriles is 1. The third-order valence-corrected chi connectivity index (χ3v) is 5.72. The summed E-state index contributed by atoms with van der Waals surface area (Å²) < 4.78 is 0. The Bertz CT molecular complexity index is 882. The fourth-order valence-electron chi connectivity index (χ4n) is 4.07. The van der Waals surface area contributed by atoms with Crippen LogP contribution in [0.1, 0.15) is 43.4 Å². The van der Waals surface area contributed by atoms with Gasteiger partial charge in [-0.3, -0.25) is 4.79 Å². The van der Waals surface area contributed by atoms with Gasteiger partial charge >= 0.3 is 0 Å². The lowest BCUT2D eigenvalue weighted by atomic mass is 9.63. The van der Waals surface area contributed by atoms with E-state index < -0.39 is 0 Å². The number of hydrogen-bond acceptors (Lipinski definition) is 5. The van der Waals surface area contributed by atoms with Crippen molar-refractivity contribution in [2.75, 3.05) is 18.0 Å². The molecule has 1 saturated carbocycles.